The minimum atomic E-state index is -0.618. The van der Waals surface area contributed by atoms with Crippen molar-refractivity contribution in [3.05, 3.63) is 68.5 Å². The van der Waals surface area contributed by atoms with Crippen LogP contribution < -0.4 is 14.8 Å². The predicted molar refractivity (Wildman–Crippen MR) is 103 cm³/mol. The summed E-state index contributed by atoms with van der Waals surface area (Å²) in [7, 11) is 1.58. The summed E-state index contributed by atoms with van der Waals surface area (Å²) in [6.07, 6.45) is -0.618. The quantitative estimate of drug-likeness (QED) is 0.618. The van der Waals surface area contributed by atoms with E-state index in [1.165, 1.54) is 11.3 Å². The van der Waals surface area contributed by atoms with Gasteiger partial charge in [-0.15, -0.1) is 11.3 Å². The van der Waals surface area contributed by atoms with Crippen LogP contribution in [0.15, 0.2) is 53.2 Å². The third kappa shape index (κ3) is 4.85. The third-order valence-corrected chi connectivity index (χ3v) is 5.52. The van der Waals surface area contributed by atoms with Gasteiger partial charge in [0.05, 0.1) is 13.7 Å². The lowest BCUT2D eigenvalue weighted by atomic mass is 10.2. The van der Waals surface area contributed by atoms with Gasteiger partial charge in [0, 0.05) is 15.8 Å². The number of benzene rings is 1. The molecule has 0 aliphatic heterocycles. The van der Waals surface area contributed by atoms with Crippen LogP contribution in [-0.4, -0.2) is 24.7 Å². The lowest BCUT2D eigenvalue weighted by Gasteiger charge is -2.08. The minimum absolute atomic E-state index is 0.0665. The molecule has 26 heavy (non-hydrogen) atoms. The number of rotatable bonds is 8. The SMILES string of the molecule is COc1cccc(OCC(=O)NCc2ccc(C(O)c3ccsc3)s2)c1. The molecule has 0 saturated heterocycles. The minimum Gasteiger partial charge on any atom is -0.497 e. The first-order valence-electron chi connectivity index (χ1n) is 7.98. The van der Waals surface area contributed by atoms with Crippen molar-refractivity contribution >= 4 is 28.6 Å². The van der Waals surface area contributed by atoms with E-state index in [-0.39, 0.29) is 12.5 Å². The fourth-order valence-corrected chi connectivity index (χ4v) is 3.95. The second kappa shape index (κ2) is 8.84. The Morgan fingerprint density at radius 3 is 2.85 bits per heavy atom. The lowest BCUT2D eigenvalue weighted by Crippen LogP contribution is -2.28. The average molecular weight is 389 g/mol. The van der Waals surface area contributed by atoms with Crippen molar-refractivity contribution in [1.82, 2.24) is 5.32 Å². The van der Waals surface area contributed by atoms with E-state index in [1.54, 1.807) is 36.6 Å². The zero-order valence-corrected chi connectivity index (χ0v) is 15.8. The summed E-state index contributed by atoms with van der Waals surface area (Å²) in [5, 5.41) is 17.0. The first-order chi connectivity index (χ1) is 12.7. The normalized spacial score (nSPS) is 11.8. The van der Waals surface area contributed by atoms with E-state index in [1.807, 2.05) is 35.0 Å². The number of amides is 1. The van der Waals surface area contributed by atoms with Crippen molar-refractivity contribution in [2.45, 2.75) is 12.6 Å². The number of methoxy groups -OCH3 is 1. The largest absolute Gasteiger partial charge is 0.497 e. The topological polar surface area (TPSA) is 67.8 Å². The van der Waals surface area contributed by atoms with E-state index in [2.05, 4.69) is 5.32 Å². The van der Waals surface area contributed by atoms with Gasteiger partial charge in [0.1, 0.15) is 17.6 Å². The van der Waals surface area contributed by atoms with E-state index in [0.717, 1.165) is 15.3 Å². The summed E-state index contributed by atoms with van der Waals surface area (Å²) in [6, 6.07) is 12.8. The molecule has 2 N–H and O–H groups in total. The molecule has 5 nitrogen and oxygen atoms in total. The van der Waals surface area contributed by atoms with Gasteiger partial charge in [0.25, 0.3) is 5.91 Å². The van der Waals surface area contributed by atoms with Gasteiger partial charge in [-0.25, -0.2) is 0 Å². The number of aliphatic hydroxyl groups is 1. The van der Waals surface area contributed by atoms with E-state index in [9.17, 15) is 9.90 Å². The van der Waals surface area contributed by atoms with Gasteiger partial charge < -0.3 is 19.9 Å². The Morgan fingerprint density at radius 2 is 2.08 bits per heavy atom. The molecule has 1 unspecified atom stereocenters. The Morgan fingerprint density at radius 1 is 1.23 bits per heavy atom. The second-order valence-electron chi connectivity index (χ2n) is 5.51. The van der Waals surface area contributed by atoms with Gasteiger partial charge >= 0.3 is 0 Å². The summed E-state index contributed by atoms with van der Waals surface area (Å²) in [5.41, 5.74) is 0.888. The van der Waals surface area contributed by atoms with Gasteiger partial charge in [0.2, 0.25) is 0 Å². The molecule has 1 aromatic carbocycles. The van der Waals surface area contributed by atoms with Crippen molar-refractivity contribution in [2.75, 3.05) is 13.7 Å². The zero-order chi connectivity index (χ0) is 18.4. The van der Waals surface area contributed by atoms with Gasteiger partial charge in [0.15, 0.2) is 6.61 Å². The monoisotopic (exact) mass is 389 g/mol. The maximum absolute atomic E-state index is 12.0. The predicted octanol–water partition coefficient (Wildman–Crippen LogP) is 3.60. The number of thiophene rings is 2. The molecule has 0 aliphatic carbocycles. The van der Waals surface area contributed by atoms with E-state index >= 15 is 0 Å². The molecule has 2 heterocycles. The fraction of sp³-hybridized carbons (Fsp3) is 0.211. The lowest BCUT2D eigenvalue weighted by molar-refractivity contribution is -0.123. The third-order valence-electron chi connectivity index (χ3n) is 3.68. The zero-order valence-electron chi connectivity index (χ0n) is 14.2. The Kier molecular flexibility index (Phi) is 6.27. The van der Waals surface area contributed by atoms with Crippen LogP contribution in [0.4, 0.5) is 0 Å². The van der Waals surface area contributed by atoms with Gasteiger partial charge in [-0.1, -0.05) is 6.07 Å². The fourth-order valence-electron chi connectivity index (χ4n) is 2.31. The maximum Gasteiger partial charge on any atom is 0.258 e. The van der Waals surface area contributed by atoms with Gasteiger partial charge in [-0.3, -0.25) is 4.79 Å². The van der Waals surface area contributed by atoms with Crippen molar-refractivity contribution in [1.29, 1.82) is 0 Å². The van der Waals surface area contributed by atoms with Crippen molar-refractivity contribution in [2.24, 2.45) is 0 Å². The van der Waals surface area contributed by atoms with Crippen LogP contribution >= 0.6 is 22.7 Å². The smallest absolute Gasteiger partial charge is 0.258 e. The second-order valence-corrected chi connectivity index (χ2v) is 7.49. The number of carbonyl (C=O) groups is 1. The molecule has 0 aliphatic rings. The molecule has 0 bridgehead atoms. The summed E-state index contributed by atoms with van der Waals surface area (Å²) < 4.78 is 10.6. The van der Waals surface area contributed by atoms with Gasteiger partial charge in [-0.05, 0) is 46.7 Å². The molecule has 0 fully saturated rings. The van der Waals surface area contributed by atoms with Crippen molar-refractivity contribution in [3.8, 4) is 11.5 Å². The summed E-state index contributed by atoms with van der Waals surface area (Å²) >= 11 is 3.04. The van der Waals surface area contributed by atoms with Crippen LogP contribution in [0, 0.1) is 0 Å². The first kappa shape index (κ1) is 18.4. The van der Waals surface area contributed by atoms with E-state index < -0.39 is 6.10 Å². The molecule has 1 atom stereocenters. The molecule has 3 rings (SSSR count). The number of ether oxygens (including phenoxy) is 2. The first-order valence-corrected chi connectivity index (χ1v) is 9.74. The highest BCUT2D eigenvalue weighted by Crippen LogP contribution is 2.29. The molecule has 1 amide bonds. The number of carbonyl (C=O) groups excluding carboxylic acids is 1. The summed E-state index contributed by atoms with van der Waals surface area (Å²) in [4.78, 5) is 13.8. The summed E-state index contributed by atoms with van der Waals surface area (Å²) in [5.74, 6) is 1.05. The Balaban J connectivity index is 1.47. The number of aliphatic hydroxyl groups excluding tert-OH is 1. The molecule has 0 spiro atoms. The maximum atomic E-state index is 12.0. The molecule has 2 aromatic heterocycles. The van der Waals surface area contributed by atoms with Crippen LogP contribution in [0.1, 0.15) is 21.4 Å². The Labute approximate surface area is 159 Å². The van der Waals surface area contributed by atoms with Gasteiger partial charge in [-0.2, -0.15) is 11.3 Å². The Bertz CT molecular complexity index is 845. The molecule has 7 heteroatoms. The summed E-state index contributed by atoms with van der Waals surface area (Å²) in [6.45, 7) is 0.338. The number of hydrogen-bond acceptors (Lipinski definition) is 6. The Hall–Kier alpha value is -2.35. The van der Waals surface area contributed by atoms with Crippen LogP contribution in [0.3, 0.4) is 0 Å². The average Bonchev–Trinajstić information content (AvgIpc) is 3.36. The van der Waals surface area contributed by atoms with Crippen LogP contribution in [-0.2, 0) is 11.3 Å². The highest BCUT2D eigenvalue weighted by atomic mass is 32.1. The number of hydrogen-bond donors (Lipinski definition) is 2. The van der Waals surface area contributed by atoms with E-state index in [0.29, 0.717) is 18.0 Å². The highest BCUT2D eigenvalue weighted by molar-refractivity contribution is 7.12. The highest BCUT2D eigenvalue weighted by Gasteiger charge is 2.13. The van der Waals surface area contributed by atoms with Crippen LogP contribution in [0.2, 0.25) is 0 Å². The molecule has 0 saturated carbocycles. The molecule has 0 radical (unpaired) electrons. The molecule has 3 aromatic rings. The molecular weight excluding hydrogens is 370 g/mol. The molecule has 136 valence electrons. The van der Waals surface area contributed by atoms with Crippen molar-refractivity contribution < 1.29 is 19.4 Å². The van der Waals surface area contributed by atoms with Crippen LogP contribution in [0.25, 0.3) is 0 Å². The van der Waals surface area contributed by atoms with Crippen molar-refractivity contribution in [3.63, 3.8) is 0 Å². The van der Waals surface area contributed by atoms with Crippen LogP contribution in [0.5, 0.6) is 11.5 Å². The van der Waals surface area contributed by atoms with E-state index in [4.69, 9.17) is 9.47 Å². The standard InChI is InChI=1S/C19H19NO4S2/c1-23-14-3-2-4-15(9-14)24-11-18(21)20-10-16-5-6-17(26-16)19(22)13-7-8-25-12-13/h2-9,12,19,22H,10-11H2,1H3,(H,20,21). The number of nitrogens with one attached hydrogen (secondary N) is 1. The molecular formula is C19H19NO4S2.